The van der Waals surface area contributed by atoms with Crippen molar-refractivity contribution in [1.29, 1.82) is 5.41 Å². The van der Waals surface area contributed by atoms with Crippen molar-refractivity contribution in [2.75, 3.05) is 20.3 Å². The van der Waals surface area contributed by atoms with E-state index in [4.69, 9.17) is 14.9 Å². The average molecular weight is 515 g/mol. The molecule has 1 aromatic heterocycles. The number of benzene rings is 2. The Morgan fingerprint density at radius 2 is 1.97 bits per heavy atom. The Bertz CT molecular complexity index is 1380. The number of H-pyrrole nitrogens is 1. The van der Waals surface area contributed by atoms with Gasteiger partial charge in [0.15, 0.2) is 12.9 Å². The van der Waals surface area contributed by atoms with Crippen LogP contribution in [0.3, 0.4) is 0 Å². The molecule has 0 bridgehead atoms. The second-order valence-electron chi connectivity index (χ2n) is 9.04. The quantitative estimate of drug-likeness (QED) is 0.239. The van der Waals surface area contributed by atoms with Crippen molar-refractivity contribution in [3.8, 4) is 0 Å². The first-order valence-corrected chi connectivity index (χ1v) is 11.9. The molecule has 0 unspecified atom stereocenters. The summed E-state index contributed by atoms with van der Waals surface area (Å²) in [5, 5.41) is 8.85. The van der Waals surface area contributed by atoms with Crippen molar-refractivity contribution in [3.63, 3.8) is 0 Å². The van der Waals surface area contributed by atoms with E-state index >= 15 is 4.39 Å². The molecule has 11 heteroatoms. The molecular weight excluding hydrogens is 489 g/mol. The lowest BCUT2D eigenvalue weighted by atomic mass is 9.87. The van der Waals surface area contributed by atoms with Crippen LogP contribution in [0.1, 0.15) is 35.7 Å². The van der Waals surface area contributed by atoms with Crippen LogP contribution in [0, 0.1) is 17.0 Å². The van der Waals surface area contributed by atoms with Gasteiger partial charge in [-0.3, -0.25) is 15.1 Å². The number of esters is 1. The van der Waals surface area contributed by atoms with Crippen LogP contribution in [0.15, 0.2) is 42.5 Å². The van der Waals surface area contributed by atoms with E-state index in [-0.39, 0.29) is 24.9 Å². The average Bonchev–Trinajstić information content (AvgIpc) is 3.49. The Hall–Kier alpha value is -4.02. The lowest BCUT2D eigenvalue weighted by Crippen LogP contribution is -2.53. The van der Waals surface area contributed by atoms with Crippen molar-refractivity contribution in [3.05, 3.63) is 70.9 Å². The maximum Gasteiger partial charge on any atom is 0.328 e. The molecule has 37 heavy (non-hydrogen) atoms. The van der Waals surface area contributed by atoms with Crippen molar-refractivity contribution in [1.82, 2.24) is 14.8 Å². The molecule has 1 saturated heterocycles. The van der Waals surface area contributed by atoms with Crippen LogP contribution in [0.4, 0.5) is 13.2 Å². The van der Waals surface area contributed by atoms with E-state index in [9.17, 15) is 18.4 Å². The van der Waals surface area contributed by atoms with Crippen molar-refractivity contribution < 1.29 is 32.2 Å². The maximum absolute atomic E-state index is 15.2. The fourth-order valence-corrected chi connectivity index (χ4v) is 5.21. The molecule has 2 aliphatic rings. The number of amidine groups is 1. The zero-order valence-corrected chi connectivity index (χ0v) is 20.0. The standard InChI is InChI=1S/C26H25F3N4O4/c1-36-25(35)20-12-17-15-5-2-3-6-19(15)31-23(17)24(16-9-8-14(27)11-18(16)28)33(20)22(34)13-37-26(30)32-10-4-7-21(32)29/h2-3,5-6,8-9,11,20-21,24,30-31H,4,7,10,12-13H2,1H3/t20-,21-,24+/m1/s1. The highest BCUT2D eigenvalue weighted by Crippen LogP contribution is 2.42. The molecule has 0 aliphatic carbocycles. The summed E-state index contributed by atoms with van der Waals surface area (Å²) in [4.78, 5) is 32.0. The molecule has 5 rings (SSSR count). The Morgan fingerprint density at radius 3 is 2.68 bits per heavy atom. The number of aromatic nitrogens is 1. The Labute approximate surface area is 210 Å². The number of carbonyl (C=O) groups is 2. The predicted octanol–water partition coefficient (Wildman–Crippen LogP) is 3.80. The summed E-state index contributed by atoms with van der Waals surface area (Å²) in [5.41, 5.74) is 1.86. The van der Waals surface area contributed by atoms with Gasteiger partial charge in [0.05, 0.1) is 7.11 Å². The molecule has 2 aliphatic heterocycles. The number of alkyl halides is 1. The summed E-state index contributed by atoms with van der Waals surface area (Å²) in [6, 6.07) is 7.52. The Kier molecular flexibility index (Phi) is 6.53. The van der Waals surface area contributed by atoms with Crippen LogP contribution < -0.4 is 0 Å². The van der Waals surface area contributed by atoms with Crippen LogP contribution in [0.5, 0.6) is 0 Å². The van der Waals surface area contributed by atoms with Gasteiger partial charge in [-0.2, -0.15) is 0 Å². The summed E-state index contributed by atoms with van der Waals surface area (Å²) in [6.45, 7) is -0.408. The molecular formula is C26H25F3N4O4. The molecule has 0 spiro atoms. The first-order valence-electron chi connectivity index (χ1n) is 11.9. The minimum Gasteiger partial charge on any atom is -0.467 e. The summed E-state index contributed by atoms with van der Waals surface area (Å²) in [5.74, 6) is -3.16. The summed E-state index contributed by atoms with van der Waals surface area (Å²) < 4.78 is 53.3. The molecule has 2 N–H and O–H groups in total. The molecule has 1 fully saturated rings. The number of nitrogens with zero attached hydrogens (tertiary/aromatic N) is 2. The number of likely N-dealkylation sites (tertiary alicyclic amines) is 1. The summed E-state index contributed by atoms with van der Waals surface area (Å²) in [7, 11) is 1.18. The van der Waals surface area contributed by atoms with E-state index in [1.165, 1.54) is 13.2 Å². The van der Waals surface area contributed by atoms with Gasteiger partial charge in [-0.05, 0) is 30.5 Å². The monoisotopic (exact) mass is 514 g/mol. The van der Waals surface area contributed by atoms with Gasteiger partial charge < -0.3 is 19.4 Å². The maximum atomic E-state index is 15.2. The van der Waals surface area contributed by atoms with Crippen molar-refractivity contribution in [2.24, 2.45) is 0 Å². The third kappa shape index (κ3) is 4.38. The highest BCUT2D eigenvalue weighted by atomic mass is 19.1. The van der Waals surface area contributed by atoms with E-state index in [2.05, 4.69) is 4.98 Å². The Morgan fingerprint density at radius 1 is 1.19 bits per heavy atom. The fourth-order valence-electron chi connectivity index (χ4n) is 5.21. The van der Waals surface area contributed by atoms with Crippen molar-refractivity contribution >= 4 is 28.8 Å². The number of para-hydroxylation sites is 1. The lowest BCUT2D eigenvalue weighted by Gasteiger charge is -2.41. The van der Waals surface area contributed by atoms with Gasteiger partial charge in [0.1, 0.15) is 23.7 Å². The molecule has 1 amide bonds. The topological polar surface area (TPSA) is 98.7 Å². The van der Waals surface area contributed by atoms with Gasteiger partial charge in [-0.1, -0.05) is 24.3 Å². The van der Waals surface area contributed by atoms with Crippen LogP contribution >= 0.6 is 0 Å². The number of nitrogens with one attached hydrogen (secondary N) is 2. The van der Waals surface area contributed by atoms with Crippen LogP contribution in [0.2, 0.25) is 0 Å². The van der Waals surface area contributed by atoms with Crippen LogP contribution in [-0.2, 0) is 25.5 Å². The van der Waals surface area contributed by atoms with Gasteiger partial charge in [-0.25, -0.2) is 18.0 Å². The third-order valence-electron chi connectivity index (χ3n) is 6.92. The zero-order valence-electron chi connectivity index (χ0n) is 20.0. The number of rotatable bonds is 4. The second kappa shape index (κ2) is 9.79. The second-order valence-corrected chi connectivity index (χ2v) is 9.04. The molecule has 2 aromatic carbocycles. The van der Waals surface area contributed by atoms with E-state index in [1.807, 2.05) is 24.3 Å². The van der Waals surface area contributed by atoms with E-state index < -0.39 is 54.5 Å². The van der Waals surface area contributed by atoms with Gasteiger partial charge in [-0.15, -0.1) is 0 Å². The number of aromatic amines is 1. The molecule has 0 radical (unpaired) electrons. The smallest absolute Gasteiger partial charge is 0.328 e. The number of halogens is 3. The van der Waals surface area contributed by atoms with Gasteiger partial charge in [0, 0.05) is 41.2 Å². The highest BCUT2D eigenvalue weighted by molar-refractivity contribution is 5.91. The normalized spacial score (nSPS) is 21.1. The number of hydrogen-bond acceptors (Lipinski definition) is 5. The highest BCUT2D eigenvalue weighted by Gasteiger charge is 2.45. The van der Waals surface area contributed by atoms with Gasteiger partial charge >= 0.3 is 5.97 Å². The lowest BCUT2D eigenvalue weighted by molar-refractivity contribution is -0.156. The van der Waals surface area contributed by atoms with E-state index in [0.29, 0.717) is 23.7 Å². The fraction of sp³-hybridized carbons (Fsp3) is 0.346. The van der Waals surface area contributed by atoms with Gasteiger partial charge in [0.2, 0.25) is 0 Å². The molecule has 8 nitrogen and oxygen atoms in total. The third-order valence-corrected chi connectivity index (χ3v) is 6.92. The predicted molar refractivity (Wildman–Crippen MR) is 127 cm³/mol. The Balaban J connectivity index is 1.58. The van der Waals surface area contributed by atoms with E-state index in [1.54, 1.807) is 0 Å². The number of ether oxygens (including phenoxy) is 2. The summed E-state index contributed by atoms with van der Waals surface area (Å²) >= 11 is 0. The molecule has 3 aromatic rings. The van der Waals surface area contributed by atoms with Gasteiger partial charge in [0.25, 0.3) is 11.9 Å². The number of amides is 1. The largest absolute Gasteiger partial charge is 0.467 e. The van der Waals surface area contributed by atoms with Crippen molar-refractivity contribution in [2.45, 2.75) is 37.6 Å². The first kappa shape index (κ1) is 24.7. The van der Waals surface area contributed by atoms with Crippen LogP contribution in [-0.4, -0.2) is 65.3 Å². The molecule has 0 saturated carbocycles. The number of hydrogen-bond donors (Lipinski definition) is 2. The zero-order chi connectivity index (χ0) is 26.3. The SMILES string of the molecule is COC(=O)[C@H]1Cc2c([nH]c3ccccc23)[C@H](c2ccc(F)cc2F)N1C(=O)COC(=N)N1CCC[C@@H]1F. The number of methoxy groups -OCH3 is 1. The first-order chi connectivity index (χ1) is 17.8. The minimum atomic E-state index is -1.38. The molecule has 3 heterocycles. The molecule has 3 atom stereocenters. The minimum absolute atomic E-state index is 0.0328. The molecule has 194 valence electrons. The number of carbonyl (C=O) groups excluding carboxylic acids is 2. The number of fused-ring (bicyclic) bond motifs is 3. The summed E-state index contributed by atoms with van der Waals surface area (Å²) in [6.07, 6.45) is -0.499. The van der Waals surface area contributed by atoms with E-state index in [0.717, 1.165) is 26.8 Å². The van der Waals surface area contributed by atoms with Crippen LogP contribution in [0.25, 0.3) is 10.9 Å².